The van der Waals surface area contributed by atoms with Crippen LogP contribution < -0.4 is 5.32 Å². The third-order valence-electron chi connectivity index (χ3n) is 2.47. The average Bonchev–Trinajstić information content (AvgIpc) is 2.87. The highest BCUT2D eigenvalue weighted by Crippen LogP contribution is 2.17. The number of nitriles is 1. The van der Waals surface area contributed by atoms with E-state index in [4.69, 9.17) is 10.4 Å². The molecule has 19 heavy (non-hydrogen) atoms. The lowest BCUT2D eigenvalue weighted by atomic mass is 10.2. The van der Waals surface area contributed by atoms with Crippen LogP contribution in [-0.4, -0.2) is 26.7 Å². The van der Waals surface area contributed by atoms with Gasteiger partial charge in [0.15, 0.2) is 6.04 Å². The van der Waals surface area contributed by atoms with E-state index < -0.39 is 6.04 Å². The number of nitrogens with zero attached hydrogens (tertiary/aromatic N) is 4. The summed E-state index contributed by atoms with van der Waals surface area (Å²) in [4.78, 5) is 0. The summed E-state index contributed by atoms with van der Waals surface area (Å²) in [5.74, 6) is -0.340. The van der Waals surface area contributed by atoms with Crippen molar-refractivity contribution in [1.82, 2.24) is 15.0 Å². The maximum Gasteiger partial charge on any atom is 0.160 e. The van der Waals surface area contributed by atoms with Crippen LogP contribution in [0.4, 0.5) is 10.1 Å². The van der Waals surface area contributed by atoms with Gasteiger partial charge in [-0.25, -0.2) is 9.07 Å². The van der Waals surface area contributed by atoms with E-state index in [-0.39, 0.29) is 12.4 Å². The normalized spacial score (nSPS) is 11.8. The first-order chi connectivity index (χ1) is 9.22. The Bertz CT molecular complexity index is 575. The molecule has 1 atom stereocenters. The molecule has 0 saturated carbocycles. The van der Waals surface area contributed by atoms with Gasteiger partial charge in [-0.15, -0.1) is 5.10 Å². The second-order valence-corrected chi connectivity index (χ2v) is 3.84. The summed E-state index contributed by atoms with van der Waals surface area (Å²) in [5, 5.41) is 28.5. The summed E-state index contributed by atoms with van der Waals surface area (Å²) in [5.41, 5.74) is 1.06. The molecule has 0 fully saturated rings. The van der Waals surface area contributed by atoms with Crippen LogP contribution in [0.2, 0.25) is 0 Å². The predicted octanol–water partition coefficient (Wildman–Crippen LogP) is 1.09. The second kappa shape index (κ2) is 5.93. The summed E-state index contributed by atoms with van der Waals surface area (Å²) < 4.78 is 14.2. The van der Waals surface area contributed by atoms with Gasteiger partial charge < -0.3 is 10.4 Å². The van der Waals surface area contributed by atoms with Crippen molar-refractivity contribution in [3.8, 4) is 6.07 Å². The molecule has 0 bridgehead atoms. The molecular formula is C12H12FN5O. The maximum absolute atomic E-state index is 12.8. The maximum atomic E-state index is 12.8. The van der Waals surface area contributed by atoms with Gasteiger partial charge in [-0.1, -0.05) is 5.21 Å². The average molecular weight is 261 g/mol. The van der Waals surface area contributed by atoms with Gasteiger partial charge in [0, 0.05) is 5.69 Å². The number of hydrogen-bond acceptors (Lipinski definition) is 5. The van der Waals surface area contributed by atoms with Gasteiger partial charge in [-0.05, 0) is 24.3 Å². The lowest BCUT2D eigenvalue weighted by molar-refractivity contribution is 0.268. The van der Waals surface area contributed by atoms with E-state index in [1.165, 1.54) is 28.9 Å². The lowest BCUT2D eigenvalue weighted by Crippen LogP contribution is -2.09. The Kier molecular flexibility index (Phi) is 4.05. The highest BCUT2D eigenvalue weighted by atomic mass is 19.1. The van der Waals surface area contributed by atoms with E-state index in [1.54, 1.807) is 6.20 Å². The molecule has 0 saturated heterocycles. The number of hydrogen-bond donors (Lipinski definition) is 2. The van der Waals surface area contributed by atoms with E-state index in [9.17, 15) is 4.39 Å². The van der Waals surface area contributed by atoms with Crippen molar-refractivity contribution in [1.29, 1.82) is 5.26 Å². The topological polar surface area (TPSA) is 86.8 Å². The lowest BCUT2D eigenvalue weighted by Gasteiger charge is -2.09. The molecule has 7 heteroatoms. The van der Waals surface area contributed by atoms with Crippen LogP contribution in [0.25, 0.3) is 0 Å². The number of aromatic nitrogens is 3. The summed E-state index contributed by atoms with van der Waals surface area (Å²) in [6, 6.07) is 7.06. The van der Waals surface area contributed by atoms with Gasteiger partial charge in [-0.2, -0.15) is 5.26 Å². The first kappa shape index (κ1) is 13.0. The Hall–Kier alpha value is -2.46. The van der Waals surface area contributed by atoms with Crippen molar-refractivity contribution in [2.24, 2.45) is 0 Å². The van der Waals surface area contributed by atoms with Gasteiger partial charge in [0.25, 0.3) is 0 Å². The standard InChI is InChI=1S/C12H12FN5O/c13-9-1-3-10(4-2-9)15-11(7-14)12-8-18(5-6-19)17-16-12/h1-4,8,11,15,19H,5-6H2. The number of anilines is 1. The molecule has 1 aromatic heterocycles. The van der Waals surface area contributed by atoms with Crippen molar-refractivity contribution in [2.45, 2.75) is 12.6 Å². The van der Waals surface area contributed by atoms with E-state index >= 15 is 0 Å². The molecule has 2 N–H and O–H groups in total. The first-order valence-corrected chi connectivity index (χ1v) is 5.65. The zero-order chi connectivity index (χ0) is 13.7. The number of aliphatic hydroxyl groups excluding tert-OH is 1. The van der Waals surface area contributed by atoms with Crippen molar-refractivity contribution in [2.75, 3.05) is 11.9 Å². The molecule has 1 aromatic carbocycles. The quantitative estimate of drug-likeness (QED) is 0.841. The molecule has 0 aliphatic heterocycles. The fraction of sp³-hybridized carbons (Fsp3) is 0.250. The van der Waals surface area contributed by atoms with Crippen LogP contribution in [0.3, 0.4) is 0 Å². The molecule has 0 aliphatic carbocycles. The van der Waals surface area contributed by atoms with E-state index in [0.29, 0.717) is 17.9 Å². The zero-order valence-electron chi connectivity index (χ0n) is 9.99. The largest absolute Gasteiger partial charge is 0.394 e. The van der Waals surface area contributed by atoms with Crippen molar-refractivity contribution in [3.63, 3.8) is 0 Å². The summed E-state index contributed by atoms with van der Waals surface area (Å²) in [7, 11) is 0. The minimum Gasteiger partial charge on any atom is -0.394 e. The molecule has 0 radical (unpaired) electrons. The third-order valence-corrected chi connectivity index (χ3v) is 2.47. The zero-order valence-corrected chi connectivity index (χ0v) is 9.99. The van der Waals surface area contributed by atoms with Crippen LogP contribution in [0, 0.1) is 17.1 Å². The predicted molar refractivity (Wildman–Crippen MR) is 65.5 cm³/mol. The molecule has 0 aliphatic rings. The van der Waals surface area contributed by atoms with Crippen LogP contribution >= 0.6 is 0 Å². The minimum atomic E-state index is -0.682. The van der Waals surface area contributed by atoms with Crippen molar-refractivity contribution < 1.29 is 9.50 Å². The number of benzene rings is 1. The van der Waals surface area contributed by atoms with Crippen LogP contribution in [0.15, 0.2) is 30.5 Å². The molecule has 2 aromatic rings. The molecule has 6 nitrogen and oxygen atoms in total. The Morgan fingerprint density at radius 2 is 2.16 bits per heavy atom. The second-order valence-electron chi connectivity index (χ2n) is 3.84. The van der Waals surface area contributed by atoms with Gasteiger partial charge in [0.05, 0.1) is 25.4 Å². The monoisotopic (exact) mass is 261 g/mol. The Morgan fingerprint density at radius 1 is 1.42 bits per heavy atom. The van der Waals surface area contributed by atoms with Gasteiger partial charge in [0.1, 0.15) is 11.5 Å². The van der Waals surface area contributed by atoms with E-state index in [0.717, 1.165) is 0 Å². The smallest absolute Gasteiger partial charge is 0.160 e. The number of halogens is 1. The molecule has 98 valence electrons. The van der Waals surface area contributed by atoms with Gasteiger partial charge in [-0.3, -0.25) is 0 Å². The van der Waals surface area contributed by atoms with Crippen molar-refractivity contribution in [3.05, 3.63) is 42.0 Å². The van der Waals surface area contributed by atoms with E-state index in [2.05, 4.69) is 21.7 Å². The summed E-state index contributed by atoms with van der Waals surface area (Å²) >= 11 is 0. The molecule has 1 heterocycles. The summed E-state index contributed by atoms with van der Waals surface area (Å²) in [6.07, 6.45) is 1.58. The Morgan fingerprint density at radius 3 is 2.79 bits per heavy atom. The Labute approximate surface area is 109 Å². The molecule has 1 unspecified atom stereocenters. The molecule has 2 rings (SSSR count). The molecule has 0 amide bonds. The van der Waals surface area contributed by atoms with Crippen LogP contribution in [0.1, 0.15) is 11.7 Å². The molecular weight excluding hydrogens is 249 g/mol. The SMILES string of the molecule is N#CC(Nc1ccc(F)cc1)c1cn(CCO)nn1. The van der Waals surface area contributed by atoms with Crippen LogP contribution in [0.5, 0.6) is 0 Å². The fourth-order valence-electron chi connectivity index (χ4n) is 1.54. The minimum absolute atomic E-state index is 0.0502. The third kappa shape index (κ3) is 3.26. The first-order valence-electron chi connectivity index (χ1n) is 5.65. The fourth-order valence-corrected chi connectivity index (χ4v) is 1.54. The summed E-state index contributed by atoms with van der Waals surface area (Å²) in [6.45, 7) is 0.271. The van der Waals surface area contributed by atoms with Gasteiger partial charge >= 0.3 is 0 Å². The Balaban J connectivity index is 2.11. The van der Waals surface area contributed by atoms with Crippen LogP contribution in [-0.2, 0) is 6.54 Å². The highest BCUT2D eigenvalue weighted by molar-refractivity contribution is 5.46. The van der Waals surface area contributed by atoms with E-state index in [1.807, 2.05) is 0 Å². The number of aliphatic hydroxyl groups is 1. The van der Waals surface area contributed by atoms with Gasteiger partial charge in [0.2, 0.25) is 0 Å². The van der Waals surface area contributed by atoms with Crippen molar-refractivity contribution >= 4 is 5.69 Å². The molecule has 0 spiro atoms. The number of nitrogens with one attached hydrogen (secondary N) is 1. The highest BCUT2D eigenvalue weighted by Gasteiger charge is 2.14. The number of rotatable bonds is 5.